The van der Waals surface area contributed by atoms with Crippen molar-refractivity contribution in [3.05, 3.63) is 11.6 Å². The van der Waals surface area contributed by atoms with Gasteiger partial charge in [0.05, 0.1) is 5.60 Å². The Bertz CT molecular complexity index is 277. The highest BCUT2D eigenvalue weighted by molar-refractivity contribution is 5.27. The molecule has 3 rings (SSSR count). The van der Waals surface area contributed by atoms with Crippen LogP contribution >= 0.6 is 0 Å². The molecule has 13 heavy (non-hydrogen) atoms. The summed E-state index contributed by atoms with van der Waals surface area (Å²) in [6.45, 7) is 4.20. The Kier molecular flexibility index (Phi) is 1.36. The summed E-state index contributed by atoms with van der Waals surface area (Å²) >= 11 is 0. The summed E-state index contributed by atoms with van der Waals surface area (Å²) in [6.07, 6.45) is 6.22. The summed E-state index contributed by atoms with van der Waals surface area (Å²) in [6, 6.07) is 0. The monoisotopic (exact) mass is 178 g/mol. The molecule has 72 valence electrons. The fraction of sp³-hybridized carbons (Fsp3) is 0.833. The highest BCUT2D eigenvalue weighted by Crippen LogP contribution is 2.59. The second-order valence-electron chi connectivity index (χ2n) is 5.50. The summed E-state index contributed by atoms with van der Waals surface area (Å²) in [5.41, 5.74) is 1.22. The van der Waals surface area contributed by atoms with Gasteiger partial charge in [-0.05, 0) is 43.9 Å². The van der Waals surface area contributed by atoms with E-state index in [9.17, 15) is 5.11 Å². The Balaban J connectivity index is 2.04. The minimum atomic E-state index is -0.435. The van der Waals surface area contributed by atoms with E-state index in [1.165, 1.54) is 19.3 Å². The standard InChI is InChI=1S/C12H18O/c1-7-3-8-4-9-5-10(6-11(8)9)12(7,2)13/h3,7,9-11,13H,4-6H2,1-2H3. The molecule has 0 aromatic heterocycles. The van der Waals surface area contributed by atoms with Gasteiger partial charge in [0.15, 0.2) is 0 Å². The smallest absolute Gasteiger partial charge is 0.0707 e. The van der Waals surface area contributed by atoms with Crippen molar-refractivity contribution < 1.29 is 5.11 Å². The summed E-state index contributed by atoms with van der Waals surface area (Å²) in [4.78, 5) is 0. The third-order valence-electron chi connectivity index (χ3n) is 4.88. The van der Waals surface area contributed by atoms with Gasteiger partial charge < -0.3 is 5.11 Å². The van der Waals surface area contributed by atoms with Crippen molar-refractivity contribution in [2.75, 3.05) is 0 Å². The molecule has 2 bridgehead atoms. The van der Waals surface area contributed by atoms with E-state index in [1.807, 2.05) is 6.92 Å². The van der Waals surface area contributed by atoms with Crippen LogP contribution in [0.3, 0.4) is 0 Å². The Morgan fingerprint density at radius 2 is 2.23 bits per heavy atom. The zero-order chi connectivity index (χ0) is 9.22. The number of hydrogen-bond acceptors (Lipinski definition) is 1. The van der Waals surface area contributed by atoms with Crippen LogP contribution < -0.4 is 0 Å². The van der Waals surface area contributed by atoms with E-state index in [2.05, 4.69) is 13.0 Å². The predicted molar refractivity (Wildman–Crippen MR) is 52.2 cm³/mol. The van der Waals surface area contributed by atoms with Crippen LogP contribution in [-0.4, -0.2) is 10.7 Å². The van der Waals surface area contributed by atoms with Crippen molar-refractivity contribution in [1.82, 2.24) is 0 Å². The summed E-state index contributed by atoms with van der Waals surface area (Å²) < 4.78 is 0. The van der Waals surface area contributed by atoms with E-state index >= 15 is 0 Å². The quantitative estimate of drug-likeness (QED) is 0.565. The van der Waals surface area contributed by atoms with Crippen LogP contribution in [-0.2, 0) is 0 Å². The first-order chi connectivity index (χ1) is 6.09. The first kappa shape index (κ1) is 8.05. The van der Waals surface area contributed by atoms with Gasteiger partial charge in [-0.15, -0.1) is 0 Å². The van der Waals surface area contributed by atoms with Gasteiger partial charge in [0.25, 0.3) is 0 Å². The Hall–Kier alpha value is -0.300. The van der Waals surface area contributed by atoms with E-state index in [1.54, 1.807) is 5.57 Å². The highest BCUT2D eigenvalue weighted by atomic mass is 16.3. The molecule has 2 saturated carbocycles. The van der Waals surface area contributed by atoms with Gasteiger partial charge in [0, 0.05) is 5.92 Å². The van der Waals surface area contributed by atoms with E-state index in [0.717, 1.165) is 11.8 Å². The minimum absolute atomic E-state index is 0.360. The molecule has 5 unspecified atom stereocenters. The van der Waals surface area contributed by atoms with Gasteiger partial charge in [0.1, 0.15) is 0 Å². The molecule has 0 amide bonds. The number of fused-ring (bicyclic) bond motifs is 1. The second-order valence-corrected chi connectivity index (χ2v) is 5.50. The lowest BCUT2D eigenvalue weighted by Crippen LogP contribution is -2.39. The summed E-state index contributed by atoms with van der Waals surface area (Å²) in [7, 11) is 0. The largest absolute Gasteiger partial charge is 0.389 e. The SMILES string of the molecule is CC1C=C2CC3CC(CC23)C1(C)O. The molecule has 0 heterocycles. The fourth-order valence-corrected chi connectivity index (χ4v) is 3.63. The molecule has 0 saturated heterocycles. The van der Waals surface area contributed by atoms with Gasteiger partial charge in [-0.25, -0.2) is 0 Å². The minimum Gasteiger partial charge on any atom is -0.389 e. The van der Waals surface area contributed by atoms with Crippen molar-refractivity contribution in [3.8, 4) is 0 Å². The van der Waals surface area contributed by atoms with Gasteiger partial charge in [-0.2, -0.15) is 0 Å². The Morgan fingerprint density at radius 3 is 3.00 bits per heavy atom. The molecule has 0 aromatic rings. The molecule has 0 aliphatic heterocycles. The van der Waals surface area contributed by atoms with E-state index in [4.69, 9.17) is 0 Å². The molecule has 2 fully saturated rings. The van der Waals surface area contributed by atoms with Crippen LogP contribution in [0.2, 0.25) is 0 Å². The molecular formula is C12H18O. The molecule has 0 aromatic carbocycles. The van der Waals surface area contributed by atoms with Crippen LogP contribution in [0.4, 0.5) is 0 Å². The van der Waals surface area contributed by atoms with Crippen molar-refractivity contribution in [1.29, 1.82) is 0 Å². The van der Waals surface area contributed by atoms with Crippen molar-refractivity contribution >= 4 is 0 Å². The number of rotatable bonds is 0. The molecular weight excluding hydrogens is 160 g/mol. The predicted octanol–water partition coefficient (Wildman–Crippen LogP) is 2.36. The molecule has 5 atom stereocenters. The lowest BCUT2D eigenvalue weighted by atomic mass is 9.68. The van der Waals surface area contributed by atoms with Crippen LogP contribution in [0, 0.1) is 23.7 Å². The van der Waals surface area contributed by atoms with E-state index < -0.39 is 5.60 Å². The molecule has 1 heteroatoms. The molecule has 1 nitrogen and oxygen atoms in total. The second kappa shape index (κ2) is 2.20. The van der Waals surface area contributed by atoms with Crippen LogP contribution in [0.15, 0.2) is 11.6 Å². The average molecular weight is 178 g/mol. The Labute approximate surface area is 79.8 Å². The normalized spacial score (nSPS) is 58.2. The Morgan fingerprint density at radius 1 is 1.46 bits per heavy atom. The molecule has 0 radical (unpaired) electrons. The topological polar surface area (TPSA) is 20.2 Å². The number of hydrogen-bond donors (Lipinski definition) is 1. The number of allylic oxidation sites excluding steroid dienone is 1. The van der Waals surface area contributed by atoms with Crippen molar-refractivity contribution in [2.24, 2.45) is 23.7 Å². The van der Waals surface area contributed by atoms with Gasteiger partial charge in [-0.1, -0.05) is 18.6 Å². The highest BCUT2D eigenvalue weighted by Gasteiger charge is 2.53. The maximum absolute atomic E-state index is 10.4. The maximum Gasteiger partial charge on any atom is 0.0707 e. The molecule has 3 aliphatic carbocycles. The lowest BCUT2D eigenvalue weighted by molar-refractivity contribution is -0.0313. The average Bonchev–Trinajstić information content (AvgIpc) is 2.35. The van der Waals surface area contributed by atoms with Crippen molar-refractivity contribution in [2.45, 2.75) is 38.7 Å². The first-order valence-corrected chi connectivity index (χ1v) is 5.52. The van der Waals surface area contributed by atoms with E-state index in [-0.39, 0.29) is 0 Å². The summed E-state index contributed by atoms with van der Waals surface area (Å²) in [5.74, 6) is 2.71. The fourth-order valence-electron chi connectivity index (χ4n) is 3.63. The van der Waals surface area contributed by atoms with Crippen LogP contribution in [0.25, 0.3) is 0 Å². The zero-order valence-corrected chi connectivity index (χ0v) is 8.46. The van der Waals surface area contributed by atoms with Gasteiger partial charge >= 0.3 is 0 Å². The third-order valence-corrected chi connectivity index (χ3v) is 4.88. The first-order valence-electron chi connectivity index (χ1n) is 5.52. The van der Waals surface area contributed by atoms with Crippen molar-refractivity contribution in [3.63, 3.8) is 0 Å². The third kappa shape index (κ3) is 0.864. The lowest BCUT2D eigenvalue weighted by Gasteiger charge is -2.39. The number of aliphatic hydroxyl groups is 1. The van der Waals surface area contributed by atoms with Gasteiger partial charge in [0.2, 0.25) is 0 Å². The zero-order valence-electron chi connectivity index (χ0n) is 8.46. The maximum atomic E-state index is 10.4. The molecule has 1 N–H and O–H groups in total. The van der Waals surface area contributed by atoms with Gasteiger partial charge in [-0.3, -0.25) is 0 Å². The molecule has 0 spiro atoms. The van der Waals surface area contributed by atoms with Crippen LogP contribution in [0.5, 0.6) is 0 Å². The van der Waals surface area contributed by atoms with E-state index in [0.29, 0.717) is 11.8 Å². The van der Waals surface area contributed by atoms with Crippen LogP contribution in [0.1, 0.15) is 33.1 Å². The summed E-state index contributed by atoms with van der Waals surface area (Å²) in [5, 5.41) is 10.4. The molecule has 3 aliphatic rings.